The van der Waals surface area contributed by atoms with Gasteiger partial charge in [0, 0.05) is 31.2 Å². The molecule has 1 atom stereocenters. The van der Waals surface area contributed by atoms with E-state index in [1.165, 1.54) is 28.6 Å². The molecule has 0 aromatic heterocycles. The number of carboxylic acids is 1. The van der Waals surface area contributed by atoms with E-state index >= 15 is 0 Å². The second kappa shape index (κ2) is 6.31. The Morgan fingerprint density at radius 1 is 1.19 bits per heavy atom. The third-order valence-electron chi connectivity index (χ3n) is 3.63. The van der Waals surface area contributed by atoms with Crippen molar-refractivity contribution in [2.45, 2.75) is 17.9 Å². The highest BCUT2D eigenvalue weighted by Crippen LogP contribution is 2.20. The summed E-state index contributed by atoms with van der Waals surface area (Å²) in [4.78, 5) is 12.9. The number of nitrogens with zero attached hydrogens (tertiary/aromatic N) is 2. The van der Waals surface area contributed by atoms with Crippen molar-refractivity contribution in [1.29, 1.82) is 0 Å². The summed E-state index contributed by atoms with van der Waals surface area (Å²) in [5.41, 5.74) is 0. The van der Waals surface area contributed by atoms with Crippen LogP contribution < -0.4 is 0 Å². The fourth-order valence-corrected chi connectivity index (χ4v) is 3.79. The number of carbonyl (C=O) groups is 1. The van der Waals surface area contributed by atoms with Crippen molar-refractivity contribution in [3.05, 3.63) is 29.3 Å². The van der Waals surface area contributed by atoms with Crippen LogP contribution in [0.3, 0.4) is 0 Å². The third-order valence-corrected chi connectivity index (χ3v) is 5.79. The summed E-state index contributed by atoms with van der Waals surface area (Å²) < 4.78 is 26.3. The lowest BCUT2D eigenvalue weighted by Crippen LogP contribution is -2.53. The molecule has 0 bridgehead atoms. The second-order valence-corrected chi connectivity index (χ2v) is 7.28. The average Bonchev–Trinajstić information content (AvgIpc) is 2.47. The maximum absolute atomic E-state index is 12.5. The van der Waals surface area contributed by atoms with Gasteiger partial charge in [0.2, 0.25) is 10.0 Å². The maximum atomic E-state index is 12.5. The van der Waals surface area contributed by atoms with E-state index in [4.69, 9.17) is 16.7 Å². The molecule has 0 aliphatic carbocycles. The number of carboxylic acid groups (broad SMARTS) is 1. The summed E-state index contributed by atoms with van der Waals surface area (Å²) in [6, 6.07) is 5.42. The largest absolute Gasteiger partial charge is 0.480 e. The Morgan fingerprint density at radius 3 is 2.19 bits per heavy atom. The van der Waals surface area contributed by atoms with Crippen LogP contribution in [-0.4, -0.2) is 60.9 Å². The van der Waals surface area contributed by atoms with E-state index in [9.17, 15) is 13.2 Å². The molecule has 0 radical (unpaired) electrons. The van der Waals surface area contributed by atoms with Crippen LogP contribution in [0, 0.1) is 0 Å². The summed E-state index contributed by atoms with van der Waals surface area (Å²) >= 11 is 5.76. The topological polar surface area (TPSA) is 77.9 Å². The minimum Gasteiger partial charge on any atom is -0.480 e. The van der Waals surface area contributed by atoms with Gasteiger partial charge in [-0.25, -0.2) is 8.42 Å². The first-order valence-electron chi connectivity index (χ1n) is 6.55. The van der Waals surface area contributed by atoms with Gasteiger partial charge in [-0.2, -0.15) is 4.31 Å². The molecule has 0 saturated carbocycles. The molecular formula is C13H17ClN2O4S. The van der Waals surface area contributed by atoms with Crippen LogP contribution in [0.4, 0.5) is 0 Å². The molecule has 1 heterocycles. The summed E-state index contributed by atoms with van der Waals surface area (Å²) in [5, 5.41) is 9.46. The molecule has 8 heteroatoms. The molecule has 116 valence electrons. The van der Waals surface area contributed by atoms with Crippen molar-refractivity contribution in [3.8, 4) is 0 Å². The highest BCUT2D eigenvalue weighted by atomic mass is 35.5. The highest BCUT2D eigenvalue weighted by molar-refractivity contribution is 7.89. The molecule has 1 fully saturated rings. The Labute approximate surface area is 129 Å². The predicted octanol–water partition coefficient (Wildman–Crippen LogP) is 1.12. The maximum Gasteiger partial charge on any atom is 0.320 e. The van der Waals surface area contributed by atoms with Crippen LogP contribution >= 0.6 is 11.6 Å². The van der Waals surface area contributed by atoms with Gasteiger partial charge in [0.25, 0.3) is 0 Å². The van der Waals surface area contributed by atoms with Crippen LogP contribution in [0.15, 0.2) is 29.2 Å². The van der Waals surface area contributed by atoms with Gasteiger partial charge in [0.15, 0.2) is 0 Å². The molecule has 1 aromatic rings. The van der Waals surface area contributed by atoms with E-state index in [0.717, 1.165) is 0 Å². The van der Waals surface area contributed by atoms with Gasteiger partial charge >= 0.3 is 5.97 Å². The van der Waals surface area contributed by atoms with Gasteiger partial charge in [-0.1, -0.05) is 11.6 Å². The number of benzene rings is 1. The molecule has 21 heavy (non-hydrogen) atoms. The van der Waals surface area contributed by atoms with Crippen molar-refractivity contribution in [3.63, 3.8) is 0 Å². The molecule has 0 unspecified atom stereocenters. The van der Waals surface area contributed by atoms with Gasteiger partial charge in [0.05, 0.1) is 4.90 Å². The molecule has 2 rings (SSSR count). The van der Waals surface area contributed by atoms with Crippen molar-refractivity contribution in [2.24, 2.45) is 0 Å². The number of hydrogen-bond acceptors (Lipinski definition) is 4. The lowest BCUT2D eigenvalue weighted by atomic mass is 10.2. The van der Waals surface area contributed by atoms with Gasteiger partial charge in [-0.05, 0) is 31.2 Å². The quantitative estimate of drug-likeness (QED) is 0.894. The monoisotopic (exact) mass is 332 g/mol. The first-order valence-corrected chi connectivity index (χ1v) is 8.37. The van der Waals surface area contributed by atoms with Crippen molar-refractivity contribution < 1.29 is 18.3 Å². The molecule has 1 saturated heterocycles. The first-order chi connectivity index (χ1) is 9.82. The average molecular weight is 333 g/mol. The smallest absolute Gasteiger partial charge is 0.320 e. The zero-order valence-electron chi connectivity index (χ0n) is 11.6. The number of piperazine rings is 1. The Bertz CT molecular complexity index is 610. The zero-order chi connectivity index (χ0) is 15.6. The van der Waals surface area contributed by atoms with E-state index in [1.807, 2.05) is 0 Å². The van der Waals surface area contributed by atoms with Crippen LogP contribution in [0.5, 0.6) is 0 Å². The number of aliphatic carboxylic acids is 1. The lowest BCUT2D eigenvalue weighted by Gasteiger charge is -2.35. The minimum absolute atomic E-state index is 0.201. The molecule has 1 N–H and O–H groups in total. The van der Waals surface area contributed by atoms with E-state index < -0.39 is 22.0 Å². The standard InChI is InChI=1S/C13H17ClN2O4S/c1-10(13(17)18)15-6-8-16(9-7-15)21(19,20)12-4-2-11(14)3-5-12/h2-5,10H,6-9H2,1H3,(H,17,18)/t10-/m1/s1. The number of rotatable bonds is 4. The molecule has 1 aliphatic heterocycles. The summed E-state index contributed by atoms with van der Waals surface area (Å²) in [7, 11) is -3.55. The summed E-state index contributed by atoms with van der Waals surface area (Å²) in [5.74, 6) is -0.899. The number of halogens is 1. The van der Waals surface area contributed by atoms with Crippen LogP contribution in [0.1, 0.15) is 6.92 Å². The third kappa shape index (κ3) is 3.55. The summed E-state index contributed by atoms with van der Waals surface area (Å²) in [6.45, 7) is 2.97. The zero-order valence-corrected chi connectivity index (χ0v) is 13.1. The highest BCUT2D eigenvalue weighted by Gasteiger charge is 2.31. The minimum atomic E-state index is -3.55. The number of hydrogen-bond donors (Lipinski definition) is 1. The SMILES string of the molecule is C[C@H](C(=O)O)N1CCN(S(=O)(=O)c2ccc(Cl)cc2)CC1. The van der Waals surface area contributed by atoms with Gasteiger partial charge in [-0.15, -0.1) is 0 Å². The fourth-order valence-electron chi connectivity index (χ4n) is 2.24. The number of sulfonamides is 1. The Hall–Kier alpha value is -1.15. The lowest BCUT2D eigenvalue weighted by molar-refractivity contribution is -0.143. The molecule has 1 aliphatic rings. The van der Waals surface area contributed by atoms with Crippen LogP contribution in [-0.2, 0) is 14.8 Å². The van der Waals surface area contributed by atoms with Crippen LogP contribution in [0.25, 0.3) is 0 Å². The normalized spacial score (nSPS) is 19.3. The fraction of sp³-hybridized carbons (Fsp3) is 0.462. The Kier molecular flexibility index (Phi) is 4.88. The second-order valence-electron chi connectivity index (χ2n) is 4.91. The Morgan fingerprint density at radius 2 is 1.71 bits per heavy atom. The van der Waals surface area contributed by atoms with E-state index in [-0.39, 0.29) is 18.0 Å². The first kappa shape index (κ1) is 16.2. The van der Waals surface area contributed by atoms with Gasteiger partial charge in [0.1, 0.15) is 6.04 Å². The van der Waals surface area contributed by atoms with Crippen molar-refractivity contribution in [1.82, 2.24) is 9.21 Å². The Balaban J connectivity index is 2.07. The van der Waals surface area contributed by atoms with E-state index in [0.29, 0.717) is 18.1 Å². The van der Waals surface area contributed by atoms with Crippen LogP contribution in [0.2, 0.25) is 5.02 Å². The molecular weight excluding hydrogens is 316 g/mol. The predicted molar refractivity (Wildman–Crippen MR) is 78.9 cm³/mol. The van der Waals surface area contributed by atoms with Crippen molar-refractivity contribution in [2.75, 3.05) is 26.2 Å². The molecule has 1 aromatic carbocycles. The van der Waals surface area contributed by atoms with E-state index in [2.05, 4.69) is 0 Å². The molecule has 0 amide bonds. The van der Waals surface area contributed by atoms with Crippen molar-refractivity contribution >= 4 is 27.6 Å². The van der Waals surface area contributed by atoms with E-state index in [1.54, 1.807) is 11.8 Å². The summed E-state index contributed by atoms with van der Waals surface area (Å²) in [6.07, 6.45) is 0. The van der Waals surface area contributed by atoms with Gasteiger partial charge < -0.3 is 5.11 Å². The molecule has 6 nitrogen and oxygen atoms in total. The molecule has 0 spiro atoms. The van der Waals surface area contributed by atoms with Gasteiger partial charge in [-0.3, -0.25) is 9.69 Å².